The molecule has 6 nitrogen and oxygen atoms in total. The van der Waals surface area contributed by atoms with Crippen LogP contribution in [0.25, 0.3) is 10.9 Å². The monoisotopic (exact) mass is 363 g/mol. The van der Waals surface area contributed by atoms with E-state index in [2.05, 4.69) is 32.9 Å². The van der Waals surface area contributed by atoms with Crippen LogP contribution in [0.15, 0.2) is 24.3 Å². The lowest BCUT2D eigenvalue weighted by Gasteiger charge is -2.34. The van der Waals surface area contributed by atoms with Gasteiger partial charge in [0.2, 0.25) is 5.95 Å². The first-order chi connectivity index (χ1) is 11.8. The van der Waals surface area contributed by atoms with Crippen LogP contribution in [0.4, 0.5) is 11.8 Å². The topological polar surface area (TPSA) is 55.7 Å². The van der Waals surface area contributed by atoms with E-state index < -0.39 is 0 Å². The average Bonchev–Trinajstić information content (AvgIpc) is 3.16. The van der Waals surface area contributed by atoms with Gasteiger partial charge in [0.25, 0.3) is 0 Å². The number of aromatic nitrogens is 2. The van der Waals surface area contributed by atoms with Gasteiger partial charge >= 0.3 is 0 Å². The number of nitrogens with zero attached hydrogens (tertiary/aromatic N) is 5. The number of hydrogen-bond donors (Lipinski definition) is 1. The minimum Gasteiger partial charge on any atom is -0.395 e. The van der Waals surface area contributed by atoms with Crippen molar-refractivity contribution in [3.05, 3.63) is 24.3 Å². The molecule has 0 unspecified atom stereocenters. The lowest BCUT2D eigenvalue weighted by molar-refractivity contribution is 0.188. The van der Waals surface area contributed by atoms with E-state index in [9.17, 15) is 0 Å². The van der Waals surface area contributed by atoms with Gasteiger partial charge in [-0.3, -0.25) is 4.90 Å². The maximum atomic E-state index is 9.09. The molecule has 1 N–H and O–H groups in total. The Hall–Kier alpha value is -1.63. The van der Waals surface area contributed by atoms with E-state index in [-0.39, 0.29) is 19.0 Å². The fourth-order valence-corrected chi connectivity index (χ4v) is 3.67. The van der Waals surface area contributed by atoms with Crippen molar-refractivity contribution in [1.29, 1.82) is 0 Å². The Morgan fingerprint density at radius 3 is 2.32 bits per heavy atom. The summed E-state index contributed by atoms with van der Waals surface area (Å²) in [5, 5.41) is 10.2. The summed E-state index contributed by atoms with van der Waals surface area (Å²) >= 11 is 0. The van der Waals surface area contributed by atoms with Gasteiger partial charge in [-0.2, -0.15) is 4.98 Å². The highest BCUT2D eigenvalue weighted by atomic mass is 35.5. The molecule has 4 rings (SSSR count). The Morgan fingerprint density at radius 2 is 1.60 bits per heavy atom. The van der Waals surface area contributed by atoms with Gasteiger partial charge in [-0.1, -0.05) is 12.1 Å². The second-order valence-electron chi connectivity index (χ2n) is 6.61. The molecule has 136 valence electrons. The van der Waals surface area contributed by atoms with Crippen molar-refractivity contribution in [2.24, 2.45) is 0 Å². The summed E-state index contributed by atoms with van der Waals surface area (Å²) in [4.78, 5) is 16.7. The largest absolute Gasteiger partial charge is 0.395 e. The van der Waals surface area contributed by atoms with Crippen LogP contribution < -0.4 is 9.80 Å². The molecule has 0 saturated carbocycles. The van der Waals surface area contributed by atoms with Crippen molar-refractivity contribution in [3.63, 3.8) is 0 Å². The number of rotatable bonds is 4. The van der Waals surface area contributed by atoms with Crippen LogP contribution in [0, 0.1) is 0 Å². The number of piperazine rings is 1. The number of aliphatic hydroxyl groups excluding tert-OH is 1. The Kier molecular flexibility index (Phi) is 5.93. The molecule has 0 spiro atoms. The minimum atomic E-state index is 0. The quantitative estimate of drug-likeness (QED) is 0.893. The van der Waals surface area contributed by atoms with E-state index in [1.807, 2.05) is 6.07 Å². The molecule has 0 atom stereocenters. The van der Waals surface area contributed by atoms with E-state index in [4.69, 9.17) is 15.1 Å². The minimum absolute atomic E-state index is 0. The third-order valence-electron chi connectivity index (χ3n) is 5.05. The van der Waals surface area contributed by atoms with Crippen LogP contribution in [-0.2, 0) is 0 Å². The molecule has 3 heterocycles. The lowest BCUT2D eigenvalue weighted by atomic mass is 10.2. The second-order valence-corrected chi connectivity index (χ2v) is 6.61. The zero-order valence-electron chi connectivity index (χ0n) is 14.5. The highest BCUT2D eigenvalue weighted by molar-refractivity contribution is 5.90. The molecule has 1 aromatic carbocycles. The van der Waals surface area contributed by atoms with Crippen molar-refractivity contribution < 1.29 is 5.11 Å². The molecule has 0 bridgehead atoms. The Morgan fingerprint density at radius 1 is 0.880 bits per heavy atom. The number of hydrogen-bond acceptors (Lipinski definition) is 6. The molecule has 2 saturated heterocycles. The van der Waals surface area contributed by atoms with Crippen molar-refractivity contribution >= 4 is 35.1 Å². The molecule has 7 heteroatoms. The van der Waals surface area contributed by atoms with Gasteiger partial charge in [0, 0.05) is 51.2 Å². The van der Waals surface area contributed by atoms with Crippen molar-refractivity contribution in [2.45, 2.75) is 12.8 Å². The average molecular weight is 364 g/mol. The highest BCUT2D eigenvalue weighted by Gasteiger charge is 2.22. The number of benzene rings is 1. The summed E-state index contributed by atoms with van der Waals surface area (Å²) in [6.45, 7) is 6.90. The highest BCUT2D eigenvalue weighted by Crippen LogP contribution is 2.29. The van der Waals surface area contributed by atoms with E-state index in [0.29, 0.717) is 0 Å². The van der Waals surface area contributed by atoms with Crippen LogP contribution in [0.5, 0.6) is 0 Å². The molecule has 1 aromatic heterocycles. The van der Waals surface area contributed by atoms with Gasteiger partial charge in [0.15, 0.2) is 0 Å². The summed E-state index contributed by atoms with van der Waals surface area (Å²) < 4.78 is 0. The third-order valence-corrected chi connectivity index (χ3v) is 5.05. The van der Waals surface area contributed by atoms with E-state index in [1.54, 1.807) is 0 Å². The molecule has 2 fully saturated rings. The Balaban J connectivity index is 0.00000182. The van der Waals surface area contributed by atoms with Crippen LogP contribution in [0.1, 0.15) is 12.8 Å². The molecule has 2 aliphatic heterocycles. The Labute approximate surface area is 154 Å². The van der Waals surface area contributed by atoms with Gasteiger partial charge in [-0.25, -0.2) is 4.98 Å². The fraction of sp³-hybridized carbons (Fsp3) is 0.556. The van der Waals surface area contributed by atoms with Crippen molar-refractivity contribution in [3.8, 4) is 0 Å². The predicted molar refractivity (Wildman–Crippen MR) is 104 cm³/mol. The van der Waals surface area contributed by atoms with Crippen LogP contribution >= 0.6 is 12.4 Å². The number of fused-ring (bicyclic) bond motifs is 1. The van der Waals surface area contributed by atoms with Gasteiger partial charge in [0.1, 0.15) is 5.82 Å². The van der Waals surface area contributed by atoms with Crippen LogP contribution in [-0.4, -0.2) is 72.4 Å². The predicted octanol–water partition coefficient (Wildman–Crippen LogP) is 1.77. The normalized spacial score (nSPS) is 18.6. The number of aliphatic hydroxyl groups is 1. The lowest BCUT2D eigenvalue weighted by Crippen LogP contribution is -2.47. The number of halogens is 1. The van der Waals surface area contributed by atoms with Gasteiger partial charge in [0.05, 0.1) is 12.1 Å². The zero-order valence-corrected chi connectivity index (χ0v) is 15.3. The maximum Gasteiger partial charge on any atom is 0.227 e. The third kappa shape index (κ3) is 3.81. The SMILES string of the molecule is Cl.OCCN1CCN(c2nc(N3CCCC3)c3ccccc3n2)CC1. The van der Waals surface area contributed by atoms with Crippen molar-refractivity contribution in [2.75, 3.05) is 62.2 Å². The molecular formula is C18H26ClN5O. The molecule has 2 aromatic rings. The number of para-hydroxylation sites is 1. The second kappa shape index (κ2) is 8.17. The summed E-state index contributed by atoms with van der Waals surface area (Å²) in [6, 6.07) is 8.33. The molecular weight excluding hydrogens is 338 g/mol. The maximum absolute atomic E-state index is 9.09. The first-order valence-corrected chi connectivity index (χ1v) is 8.95. The number of β-amino-alcohol motifs (C(OH)–C–C–N with tert-alkyl or cyclic N) is 1. The molecule has 2 aliphatic rings. The molecule has 25 heavy (non-hydrogen) atoms. The zero-order chi connectivity index (χ0) is 16.4. The van der Waals surface area contributed by atoms with E-state index >= 15 is 0 Å². The summed E-state index contributed by atoms with van der Waals surface area (Å²) in [5.74, 6) is 1.94. The standard InChI is InChI=1S/C18H25N5O.ClH/c24-14-13-21-9-11-23(12-10-21)18-19-16-6-2-1-5-15(16)17(20-18)22-7-3-4-8-22;/h1-2,5-6,24H,3-4,7-14H2;1H. The molecule has 0 amide bonds. The van der Waals surface area contributed by atoms with E-state index in [0.717, 1.165) is 68.5 Å². The first-order valence-electron chi connectivity index (χ1n) is 8.95. The van der Waals surface area contributed by atoms with Gasteiger partial charge < -0.3 is 14.9 Å². The number of anilines is 2. The fourth-order valence-electron chi connectivity index (χ4n) is 3.67. The van der Waals surface area contributed by atoms with Crippen LogP contribution in [0.2, 0.25) is 0 Å². The summed E-state index contributed by atoms with van der Waals surface area (Å²) in [7, 11) is 0. The summed E-state index contributed by atoms with van der Waals surface area (Å²) in [6.07, 6.45) is 2.49. The van der Waals surface area contributed by atoms with Gasteiger partial charge in [-0.15, -0.1) is 12.4 Å². The molecule has 0 radical (unpaired) electrons. The van der Waals surface area contributed by atoms with Gasteiger partial charge in [-0.05, 0) is 25.0 Å². The van der Waals surface area contributed by atoms with Crippen molar-refractivity contribution in [1.82, 2.24) is 14.9 Å². The Bertz CT molecular complexity index is 699. The van der Waals surface area contributed by atoms with E-state index in [1.165, 1.54) is 12.8 Å². The van der Waals surface area contributed by atoms with Crippen LogP contribution in [0.3, 0.4) is 0 Å². The molecule has 0 aliphatic carbocycles. The summed E-state index contributed by atoms with van der Waals surface area (Å²) in [5.41, 5.74) is 1.03. The smallest absolute Gasteiger partial charge is 0.227 e. The first kappa shape index (κ1) is 18.2.